The largest absolute Gasteiger partial charge is 0.297 e. The van der Waals surface area contributed by atoms with Crippen molar-refractivity contribution < 1.29 is 12.6 Å². The Kier molecular flexibility index (Phi) is 5.00. The van der Waals surface area contributed by atoms with Crippen LogP contribution in [0, 0.1) is 12.3 Å². The second kappa shape index (κ2) is 6.90. The summed E-state index contributed by atoms with van der Waals surface area (Å²) in [6.07, 6.45) is -0.359. The van der Waals surface area contributed by atoms with Crippen molar-refractivity contribution in [3.8, 4) is 0 Å². The van der Waals surface area contributed by atoms with E-state index in [4.69, 9.17) is 4.18 Å². The van der Waals surface area contributed by atoms with Gasteiger partial charge in [-0.25, -0.2) is 0 Å². The van der Waals surface area contributed by atoms with Gasteiger partial charge in [-0.15, -0.1) is 0 Å². The summed E-state index contributed by atoms with van der Waals surface area (Å²) in [6, 6.07) is 17.0. The van der Waals surface area contributed by atoms with Crippen molar-refractivity contribution in [2.75, 3.05) is 13.1 Å². The van der Waals surface area contributed by atoms with Crippen molar-refractivity contribution in [2.24, 2.45) is 5.41 Å². The second-order valence-corrected chi connectivity index (χ2v) is 9.07. The van der Waals surface area contributed by atoms with E-state index in [1.165, 1.54) is 5.56 Å². The van der Waals surface area contributed by atoms with Crippen molar-refractivity contribution in [1.82, 2.24) is 4.90 Å². The molecular weight excluding hydrogens is 334 g/mol. The fraction of sp³-hybridized carbons (Fsp3) is 0.400. The van der Waals surface area contributed by atoms with Crippen LogP contribution in [0.25, 0.3) is 0 Å². The van der Waals surface area contributed by atoms with Gasteiger partial charge in [0.25, 0.3) is 10.1 Å². The quantitative estimate of drug-likeness (QED) is 0.765. The summed E-state index contributed by atoms with van der Waals surface area (Å²) >= 11 is 0. The molecule has 1 aliphatic rings. The molecule has 25 heavy (non-hydrogen) atoms. The molecule has 1 heterocycles. The topological polar surface area (TPSA) is 46.6 Å². The van der Waals surface area contributed by atoms with Gasteiger partial charge in [0.15, 0.2) is 0 Å². The van der Waals surface area contributed by atoms with Crippen molar-refractivity contribution in [1.29, 1.82) is 0 Å². The molecule has 5 heteroatoms. The Morgan fingerprint density at radius 3 is 2.36 bits per heavy atom. The maximum Gasteiger partial charge on any atom is 0.297 e. The van der Waals surface area contributed by atoms with Gasteiger partial charge < -0.3 is 0 Å². The minimum atomic E-state index is -3.75. The summed E-state index contributed by atoms with van der Waals surface area (Å²) in [4.78, 5) is 2.47. The van der Waals surface area contributed by atoms with E-state index in [9.17, 15) is 8.42 Å². The fourth-order valence-electron chi connectivity index (χ4n) is 3.26. The number of likely N-dealkylation sites (tertiary alicyclic amines) is 1. The molecule has 0 aromatic heterocycles. The zero-order valence-electron chi connectivity index (χ0n) is 15.0. The van der Waals surface area contributed by atoms with Crippen molar-refractivity contribution in [2.45, 2.75) is 38.3 Å². The first-order valence-electron chi connectivity index (χ1n) is 8.52. The van der Waals surface area contributed by atoms with Gasteiger partial charge in [0, 0.05) is 25.0 Å². The number of hydrogen-bond acceptors (Lipinski definition) is 4. The van der Waals surface area contributed by atoms with Crippen LogP contribution in [0.4, 0.5) is 0 Å². The van der Waals surface area contributed by atoms with E-state index in [1.807, 2.05) is 25.1 Å². The lowest BCUT2D eigenvalue weighted by molar-refractivity contribution is 0.126. The molecule has 0 spiro atoms. The van der Waals surface area contributed by atoms with Gasteiger partial charge in [-0.3, -0.25) is 9.08 Å². The SMILES string of the molecule is Cc1ccc(S(=O)(=O)O[C@@H]2CN(Cc3ccccc3)CC2(C)C)cc1. The Labute approximate surface area is 150 Å². The maximum atomic E-state index is 12.6. The third kappa shape index (κ3) is 4.29. The summed E-state index contributed by atoms with van der Waals surface area (Å²) in [6.45, 7) is 8.26. The Bertz CT molecular complexity index is 814. The second-order valence-electron chi connectivity index (χ2n) is 7.50. The van der Waals surface area contributed by atoms with E-state index < -0.39 is 10.1 Å². The van der Waals surface area contributed by atoms with E-state index >= 15 is 0 Å². The number of aryl methyl sites for hydroxylation is 1. The number of benzene rings is 2. The first-order valence-corrected chi connectivity index (χ1v) is 9.93. The molecule has 0 saturated carbocycles. The van der Waals surface area contributed by atoms with Gasteiger partial charge in [-0.05, 0) is 24.6 Å². The molecule has 1 atom stereocenters. The average Bonchev–Trinajstić information content (AvgIpc) is 2.81. The van der Waals surface area contributed by atoms with Crippen LogP contribution >= 0.6 is 0 Å². The fourth-order valence-corrected chi connectivity index (χ4v) is 4.47. The molecule has 1 saturated heterocycles. The highest BCUT2D eigenvalue weighted by molar-refractivity contribution is 7.86. The van der Waals surface area contributed by atoms with Gasteiger partial charge in [0.05, 0.1) is 11.0 Å². The molecular formula is C20H25NO3S. The molecule has 0 unspecified atom stereocenters. The van der Waals surface area contributed by atoms with Gasteiger partial charge in [-0.2, -0.15) is 8.42 Å². The third-order valence-electron chi connectivity index (χ3n) is 4.73. The number of rotatable bonds is 5. The zero-order chi connectivity index (χ0) is 18.1. The minimum Gasteiger partial charge on any atom is -0.296 e. The van der Waals surface area contributed by atoms with Crippen molar-refractivity contribution in [3.05, 3.63) is 65.7 Å². The molecule has 1 aliphatic heterocycles. The highest BCUT2D eigenvalue weighted by Crippen LogP contribution is 2.34. The molecule has 2 aromatic rings. The molecule has 0 radical (unpaired) electrons. The highest BCUT2D eigenvalue weighted by atomic mass is 32.2. The molecule has 0 bridgehead atoms. The molecule has 0 aliphatic carbocycles. The van der Waals surface area contributed by atoms with Gasteiger partial charge in [-0.1, -0.05) is 61.9 Å². The summed E-state index contributed by atoms with van der Waals surface area (Å²) < 4.78 is 30.9. The Morgan fingerprint density at radius 2 is 1.72 bits per heavy atom. The Morgan fingerprint density at radius 1 is 1.08 bits per heavy atom. The number of nitrogens with zero attached hydrogens (tertiary/aromatic N) is 1. The maximum absolute atomic E-state index is 12.6. The molecule has 1 fully saturated rings. The molecule has 3 rings (SSSR count). The lowest BCUT2D eigenvalue weighted by Gasteiger charge is -2.25. The smallest absolute Gasteiger partial charge is 0.296 e. The molecule has 0 amide bonds. The molecule has 0 N–H and O–H groups in total. The first kappa shape index (κ1) is 18.1. The van der Waals surface area contributed by atoms with E-state index in [-0.39, 0.29) is 16.4 Å². The Balaban J connectivity index is 1.72. The van der Waals surface area contributed by atoms with Gasteiger partial charge in [0.2, 0.25) is 0 Å². The third-order valence-corrected chi connectivity index (χ3v) is 6.06. The molecule has 4 nitrogen and oxygen atoms in total. The first-order chi connectivity index (χ1) is 11.8. The van der Waals surface area contributed by atoms with E-state index in [0.717, 1.165) is 18.7 Å². The van der Waals surface area contributed by atoms with Crippen LogP contribution in [0.1, 0.15) is 25.0 Å². The zero-order valence-corrected chi connectivity index (χ0v) is 15.8. The van der Waals surface area contributed by atoms with E-state index in [2.05, 4.69) is 30.9 Å². The molecule has 2 aromatic carbocycles. The normalized spacial score (nSPS) is 20.7. The van der Waals surface area contributed by atoms with Crippen LogP contribution in [0.15, 0.2) is 59.5 Å². The van der Waals surface area contributed by atoms with Crippen LogP contribution in [0.2, 0.25) is 0 Å². The van der Waals surface area contributed by atoms with Crippen LogP contribution in [-0.4, -0.2) is 32.5 Å². The van der Waals surface area contributed by atoms with Crippen LogP contribution in [0.5, 0.6) is 0 Å². The standard InChI is InChI=1S/C20H25NO3S/c1-16-9-11-18(12-10-16)25(22,23)24-19-14-21(15-20(19,2)3)13-17-7-5-4-6-8-17/h4-12,19H,13-15H2,1-3H3/t19-/m1/s1. The predicted molar refractivity (Wildman–Crippen MR) is 98.7 cm³/mol. The van der Waals surface area contributed by atoms with Crippen LogP contribution < -0.4 is 0 Å². The van der Waals surface area contributed by atoms with Crippen molar-refractivity contribution in [3.63, 3.8) is 0 Å². The minimum absolute atomic E-state index is 0.218. The van der Waals surface area contributed by atoms with Gasteiger partial charge in [0.1, 0.15) is 0 Å². The highest BCUT2D eigenvalue weighted by Gasteiger charge is 2.42. The van der Waals surface area contributed by atoms with Crippen LogP contribution in [0.3, 0.4) is 0 Å². The van der Waals surface area contributed by atoms with Crippen molar-refractivity contribution >= 4 is 10.1 Å². The number of hydrogen-bond donors (Lipinski definition) is 0. The monoisotopic (exact) mass is 359 g/mol. The lowest BCUT2D eigenvalue weighted by Crippen LogP contribution is -2.32. The summed E-state index contributed by atoms with van der Waals surface area (Å²) in [5.74, 6) is 0. The van der Waals surface area contributed by atoms with Gasteiger partial charge >= 0.3 is 0 Å². The summed E-state index contributed by atoms with van der Waals surface area (Å²) in [5, 5.41) is 0. The summed E-state index contributed by atoms with van der Waals surface area (Å²) in [5.41, 5.74) is 2.02. The van der Waals surface area contributed by atoms with Crippen LogP contribution in [-0.2, 0) is 20.8 Å². The lowest BCUT2D eigenvalue weighted by atomic mass is 9.90. The predicted octanol–water partition coefficient (Wildman–Crippen LogP) is 3.61. The molecule has 134 valence electrons. The average molecular weight is 359 g/mol. The Hall–Kier alpha value is -1.69. The van der Waals surface area contributed by atoms with E-state index in [1.54, 1.807) is 24.3 Å². The summed E-state index contributed by atoms with van der Waals surface area (Å²) in [7, 11) is -3.75. The van der Waals surface area contributed by atoms with E-state index in [0.29, 0.717) is 6.54 Å².